The number of thioether (sulfide) groups is 1. The third kappa shape index (κ3) is 3.50. The molecular formula is C20H14ClFN2O2S. The standard InChI is InChI=1S/C20H14ClFN2O2S/c21-14-3-7-16(8-4-14)24-19-13(9-12-1-5-15(22)6-2-12)10-27-11-17(19)18(23-24)20(25)26/h1-9H,10-11H2,(H,25,26)/b13-9+. The van der Waals surface area contributed by atoms with Gasteiger partial charge in [-0.05, 0) is 53.6 Å². The number of hydrogen-bond acceptors (Lipinski definition) is 3. The molecule has 0 unspecified atom stereocenters. The van der Waals surface area contributed by atoms with Gasteiger partial charge in [-0.2, -0.15) is 16.9 Å². The van der Waals surface area contributed by atoms with E-state index in [1.54, 1.807) is 52.8 Å². The summed E-state index contributed by atoms with van der Waals surface area (Å²) in [5, 5.41) is 14.5. The molecule has 2 heterocycles. The fraction of sp³-hybridized carbons (Fsp3) is 0.100. The van der Waals surface area contributed by atoms with Crippen LogP contribution in [0.25, 0.3) is 17.3 Å². The molecule has 0 radical (unpaired) electrons. The smallest absolute Gasteiger partial charge is 0.356 e. The molecular weight excluding hydrogens is 387 g/mol. The Morgan fingerprint density at radius 3 is 2.52 bits per heavy atom. The molecule has 0 fully saturated rings. The SMILES string of the molecule is O=C(O)c1nn(-c2ccc(Cl)cc2)c2c1CSC/C2=C\c1ccc(F)cc1. The van der Waals surface area contributed by atoms with E-state index in [0.29, 0.717) is 22.1 Å². The van der Waals surface area contributed by atoms with Gasteiger partial charge >= 0.3 is 5.97 Å². The topological polar surface area (TPSA) is 55.1 Å². The lowest BCUT2D eigenvalue weighted by Gasteiger charge is -2.18. The van der Waals surface area contributed by atoms with Crippen LogP contribution in [0.15, 0.2) is 48.5 Å². The molecule has 1 N–H and O–H groups in total. The van der Waals surface area contributed by atoms with Crippen LogP contribution in [-0.2, 0) is 5.75 Å². The second-order valence-electron chi connectivity index (χ2n) is 6.08. The van der Waals surface area contributed by atoms with Gasteiger partial charge in [0.15, 0.2) is 5.69 Å². The average molecular weight is 401 g/mol. The summed E-state index contributed by atoms with van der Waals surface area (Å²) >= 11 is 7.61. The number of nitrogens with zero attached hydrogens (tertiary/aromatic N) is 2. The zero-order valence-electron chi connectivity index (χ0n) is 14.0. The first-order valence-corrected chi connectivity index (χ1v) is 9.71. The maximum atomic E-state index is 13.2. The molecule has 0 amide bonds. The lowest BCUT2D eigenvalue weighted by atomic mass is 10.0. The Morgan fingerprint density at radius 2 is 1.85 bits per heavy atom. The summed E-state index contributed by atoms with van der Waals surface area (Å²) in [6.45, 7) is 0. The summed E-state index contributed by atoms with van der Waals surface area (Å²) in [5.41, 5.74) is 4.06. The molecule has 0 atom stereocenters. The Labute approximate surface area is 164 Å². The Kier molecular flexibility index (Phi) is 4.76. The Morgan fingerprint density at radius 1 is 1.15 bits per heavy atom. The van der Waals surface area contributed by atoms with Crippen molar-refractivity contribution in [2.75, 3.05) is 5.75 Å². The van der Waals surface area contributed by atoms with Crippen LogP contribution in [0.5, 0.6) is 0 Å². The molecule has 1 aliphatic heterocycles. The van der Waals surface area contributed by atoms with Gasteiger partial charge in [-0.3, -0.25) is 0 Å². The van der Waals surface area contributed by atoms with Crippen molar-refractivity contribution in [3.05, 3.63) is 81.9 Å². The van der Waals surface area contributed by atoms with Gasteiger partial charge in [-0.1, -0.05) is 23.7 Å². The van der Waals surface area contributed by atoms with Crippen LogP contribution in [0, 0.1) is 5.82 Å². The van der Waals surface area contributed by atoms with E-state index in [1.165, 1.54) is 12.1 Å². The number of fused-ring (bicyclic) bond motifs is 1. The second kappa shape index (κ2) is 7.21. The van der Waals surface area contributed by atoms with E-state index in [2.05, 4.69) is 5.10 Å². The molecule has 0 saturated heterocycles. The van der Waals surface area contributed by atoms with E-state index in [-0.39, 0.29) is 11.5 Å². The van der Waals surface area contributed by atoms with Gasteiger partial charge < -0.3 is 5.11 Å². The predicted octanol–water partition coefficient (Wildman–Crippen LogP) is 5.15. The number of aromatic carboxylic acids is 1. The highest BCUT2D eigenvalue weighted by atomic mass is 35.5. The highest BCUT2D eigenvalue weighted by Gasteiger charge is 2.28. The van der Waals surface area contributed by atoms with Crippen molar-refractivity contribution in [1.29, 1.82) is 0 Å². The van der Waals surface area contributed by atoms with Gasteiger partial charge in [0.1, 0.15) is 5.82 Å². The monoisotopic (exact) mass is 400 g/mol. The van der Waals surface area contributed by atoms with Crippen molar-refractivity contribution in [3.8, 4) is 5.69 Å². The Hall–Kier alpha value is -2.57. The van der Waals surface area contributed by atoms with Gasteiger partial charge in [0.25, 0.3) is 0 Å². The number of hydrogen-bond donors (Lipinski definition) is 1. The van der Waals surface area contributed by atoms with E-state index in [1.807, 2.05) is 6.08 Å². The molecule has 0 aliphatic carbocycles. The van der Waals surface area contributed by atoms with Crippen molar-refractivity contribution in [3.63, 3.8) is 0 Å². The maximum absolute atomic E-state index is 13.2. The van der Waals surface area contributed by atoms with Crippen LogP contribution >= 0.6 is 23.4 Å². The molecule has 4 nitrogen and oxygen atoms in total. The van der Waals surface area contributed by atoms with Crippen molar-refractivity contribution >= 4 is 41.0 Å². The number of halogens is 2. The molecule has 3 aromatic rings. The summed E-state index contributed by atoms with van der Waals surface area (Å²) in [5.74, 6) is -0.0635. The molecule has 0 bridgehead atoms. The quantitative estimate of drug-likeness (QED) is 0.660. The average Bonchev–Trinajstić information content (AvgIpc) is 3.05. The van der Waals surface area contributed by atoms with Crippen molar-refractivity contribution in [2.45, 2.75) is 5.75 Å². The highest BCUT2D eigenvalue weighted by molar-refractivity contribution is 7.99. The summed E-state index contributed by atoms with van der Waals surface area (Å²) in [6.07, 6.45) is 1.95. The maximum Gasteiger partial charge on any atom is 0.356 e. The molecule has 4 rings (SSSR count). The summed E-state index contributed by atoms with van der Waals surface area (Å²) in [6, 6.07) is 13.3. The first-order valence-electron chi connectivity index (χ1n) is 8.18. The van der Waals surface area contributed by atoms with Crippen molar-refractivity contribution in [2.24, 2.45) is 0 Å². The Balaban J connectivity index is 1.90. The van der Waals surface area contributed by atoms with Crippen molar-refractivity contribution in [1.82, 2.24) is 9.78 Å². The summed E-state index contributed by atoms with van der Waals surface area (Å²) < 4.78 is 14.9. The molecule has 1 aromatic heterocycles. The second-order valence-corrected chi connectivity index (χ2v) is 7.51. The van der Waals surface area contributed by atoms with Crippen molar-refractivity contribution < 1.29 is 14.3 Å². The molecule has 27 heavy (non-hydrogen) atoms. The van der Waals surface area contributed by atoms with Crippen LogP contribution in [0.1, 0.15) is 27.3 Å². The van der Waals surface area contributed by atoms with E-state index in [9.17, 15) is 14.3 Å². The highest BCUT2D eigenvalue weighted by Crippen LogP contribution is 2.37. The van der Waals surface area contributed by atoms with Crippen LogP contribution in [-0.4, -0.2) is 26.6 Å². The van der Waals surface area contributed by atoms with Gasteiger partial charge in [-0.15, -0.1) is 0 Å². The van der Waals surface area contributed by atoms with Gasteiger partial charge in [0.05, 0.1) is 11.4 Å². The molecule has 0 spiro atoms. The summed E-state index contributed by atoms with van der Waals surface area (Å²) in [4.78, 5) is 11.7. The number of benzene rings is 2. The minimum Gasteiger partial charge on any atom is -0.476 e. The first-order chi connectivity index (χ1) is 13.0. The Bertz CT molecular complexity index is 1040. The van der Waals surface area contributed by atoms with Gasteiger partial charge in [-0.25, -0.2) is 13.9 Å². The van der Waals surface area contributed by atoms with Crippen LogP contribution in [0.2, 0.25) is 5.02 Å². The van der Waals surface area contributed by atoms with E-state index in [4.69, 9.17) is 11.6 Å². The van der Waals surface area contributed by atoms with Crippen LogP contribution in [0.4, 0.5) is 4.39 Å². The summed E-state index contributed by atoms with van der Waals surface area (Å²) in [7, 11) is 0. The number of carboxylic acid groups (broad SMARTS) is 1. The predicted molar refractivity (Wildman–Crippen MR) is 106 cm³/mol. The zero-order valence-corrected chi connectivity index (χ0v) is 15.6. The molecule has 7 heteroatoms. The third-order valence-electron chi connectivity index (χ3n) is 4.28. The first kappa shape index (κ1) is 17.8. The number of rotatable bonds is 3. The van der Waals surface area contributed by atoms with E-state index in [0.717, 1.165) is 22.5 Å². The van der Waals surface area contributed by atoms with Crippen LogP contribution in [0.3, 0.4) is 0 Å². The molecule has 1 aliphatic rings. The molecule has 136 valence electrons. The van der Waals surface area contributed by atoms with Gasteiger partial charge in [0.2, 0.25) is 0 Å². The third-order valence-corrected chi connectivity index (χ3v) is 5.54. The lowest BCUT2D eigenvalue weighted by Crippen LogP contribution is -2.08. The minimum atomic E-state index is -1.05. The normalized spacial score (nSPS) is 15.0. The molecule has 0 saturated carbocycles. The van der Waals surface area contributed by atoms with E-state index < -0.39 is 5.97 Å². The lowest BCUT2D eigenvalue weighted by molar-refractivity contribution is 0.0689. The molecule has 2 aromatic carbocycles. The number of aromatic nitrogens is 2. The fourth-order valence-electron chi connectivity index (χ4n) is 3.06. The largest absolute Gasteiger partial charge is 0.476 e. The zero-order chi connectivity index (χ0) is 19.0. The van der Waals surface area contributed by atoms with E-state index >= 15 is 0 Å². The van der Waals surface area contributed by atoms with Crippen LogP contribution < -0.4 is 0 Å². The minimum absolute atomic E-state index is 0.0529. The fourth-order valence-corrected chi connectivity index (χ4v) is 4.21. The van der Waals surface area contributed by atoms with Gasteiger partial charge in [0, 0.05) is 22.1 Å². The number of carbonyl (C=O) groups is 1. The number of carboxylic acids is 1.